The second-order valence-corrected chi connectivity index (χ2v) is 7.01. The standard InChI is InChI=1S/C23H29F3/c1-2-3-4-5-6-7-14-19-22(23(24,25)26,20-15-10-8-11-16-20)21-17-12-9-13-18-21/h8-13,15-18H,2-7,14,19H2,1H3. The first-order chi connectivity index (χ1) is 12.5. The molecular weight excluding hydrogens is 333 g/mol. The van der Waals surface area contributed by atoms with Crippen LogP contribution in [0.1, 0.15) is 69.4 Å². The van der Waals surface area contributed by atoms with Crippen molar-refractivity contribution in [2.75, 3.05) is 0 Å². The lowest BCUT2D eigenvalue weighted by molar-refractivity contribution is -0.180. The van der Waals surface area contributed by atoms with Gasteiger partial charge in [0.15, 0.2) is 0 Å². The zero-order valence-corrected chi connectivity index (χ0v) is 15.6. The van der Waals surface area contributed by atoms with E-state index in [1.54, 1.807) is 60.7 Å². The molecule has 0 atom stereocenters. The van der Waals surface area contributed by atoms with Crippen LogP contribution < -0.4 is 0 Å². The highest BCUT2D eigenvalue weighted by molar-refractivity contribution is 5.41. The second-order valence-electron chi connectivity index (χ2n) is 7.01. The zero-order valence-electron chi connectivity index (χ0n) is 15.6. The Morgan fingerprint density at radius 1 is 0.615 bits per heavy atom. The molecule has 0 amide bonds. The summed E-state index contributed by atoms with van der Waals surface area (Å²) >= 11 is 0. The van der Waals surface area contributed by atoms with Gasteiger partial charge in [0.2, 0.25) is 0 Å². The van der Waals surface area contributed by atoms with Crippen molar-refractivity contribution in [3.05, 3.63) is 71.8 Å². The fourth-order valence-electron chi connectivity index (χ4n) is 3.72. The van der Waals surface area contributed by atoms with Crippen LogP contribution in [0.2, 0.25) is 0 Å². The first-order valence-electron chi connectivity index (χ1n) is 9.70. The maximum absolute atomic E-state index is 14.4. The van der Waals surface area contributed by atoms with Crippen LogP contribution in [0, 0.1) is 0 Å². The molecule has 2 rings (SSSR count). The van der Waals surface area contributed by atoms with Crippen LogP contribution in [-0.2, 0) is 5.41 Å². The largest absolute Gasteiger partial charge is 0.402 e. The average molecular weight is 362 g/mol. The molecule has 3 heteroatoms. The summed E-state index contributed by atoms with van der Waals surface area (Å²) < 4.78 is 43.3. The molecular formula is C23H29F3. The highest BCUT2D eigenvalue weighted by atomic mass is 19.4. The molecule has 0 saturated heterocycles. The van der Waals surface area contributed by atoms with Gasteiger partial charge in [-0.1, -0.05) is 113 Å². The fraction of sp³-hybridized carbons (Fsp3) is 0.478. The van der Waals surface area contributed by atoms with Gasteiger partial charge in [0.1, 0.15) is 5.41 Å². The minimum absolute atomic E-state index is 0.0955. The van der Waals surface area contributed by atoms with Crippen LogP contribution in [0.4, 0.5) is 13.2 Å². The van der Waals surface area contributed by atoms with Gasteiger partial charge in [-0.05, 0) is 17.5 Å². The molecule has 142 valence electrons. The van der Waals surface area contributed by atoms with Gasteiger partial charge in [-0.2, -0.15) is 13.2 Å². The lowest BCUT2D eigenvalue weighted by Gasteiger charge is -2.37. The Labute approximate surface area is 155 Å². The van der Waals surface area contributed by atoms with Gasteiger partial charge in [0, 0.05) is 0 Å². The Hall–Kier alpha value is -1.77. The summed E-state index contributed by atoms with van der Waals surface area (Å²) in [6.45, 7) is 2.16. The fourth-order valence-corrected chi connectivity index (χ4v) is 3.72. The van der Waals surface area contributed by atoms with Crippen LogP contribution >= 0.6 is 0 Å². The van der Waals surface area contributed by atoms with E-state index in [4.69, 9.17) is 0 Å². The molecule has 0 spiro atoms. The van der Waals surface area contributed by atoms with E-state index in [0.29, 0.717) is 17.5 Å². The van der Waals surface area contributed by atoms with Gasteiger partial charge in [-0.25, -0.2) is 0 Å². The minimum Gasteiger partial charge on any atom is -0.170 e. The highest BCUT2D eigenvalue weighted by Crippen LogP contribution is 2.49. The van der Waals surface area contributed by atoms with Crippen molar-refractivity contribution in [1.29, 1.82) is 0 Å². The van der Waals surface area contributed by atoms with E-state index in [2.05, 4.69) is 6.92 Å². The highest BCUT2D eigenvalue weighted by Gasteiger charge is 2.56. The van der Waals surface area contributed by atoms with E-state index < -0.39 is 11.6 Å². The molecule has 2 aromatic carbocycles. The molecule has 0 N–H and O–H groups in total. The summed E-state index contributed by atoms with van der Waals surface area (Å²) in [5.41, 5.74) is -1.26. The van der Waals surface area contributed by atoms with Crippen LogP contribution in [0.25, 0.3) is 0 Å². The SMILES string of the molecule is CCCCCCCCCC(c1ccccc1)(c1ccccc1)C(F)(F)F. The summed E-state index contributed by atoms with van der Waals surface area (Å²) in [5.74, 6) is 0. The number of rotatable bonds is 10. The average Bonchev–Trinajstić information content (AvgIpc) is 2.64. The Kier molecular flexibility index (Phi) is 7.74. The van der Waals surface area contributed by atoms with Crippen molar-refractivity contribution in [2.24, 2.45) is 0 Å². The number of alkyl halides is 3. The lowest BCUT2D eigenvalue weighted by atomic mass is 9.70. The minimum atomic E-state index is -4.34. The quantitative estimate of drug-likeness (QED) is 0.380. The smallest absolute Gasteiger partial charge is 0.170 e. The molecule has 0 radical (unpaired) electrons. The van der Waals surface area contributed by atoms with Crippen LogP contribution in [0.3, 0.4) is 0 Å². The molecule has 0 aliphatic heterocycles. The molecule has 0 fully saturated rings. The Morgan fingerprint density at radius 2 is 1.04 bits per heavy atom. The van der Waals surface area contributed by atoms with Crippen molar-refractivity contribution in [3.63, 3.8) is 0 Å². The molecule has 26 heavy (non-hydrogen) atoms. The Morgan fingerprint density at radius 3 is 1.46 bits per heavy atom. The predicted molar refractivity (Wildman–Crippen MR) is 102 cm³/mol. The molecule has 0 nitrogen and oxygen atoms in total. The molecule has 0 heterocycles. The molecule has 0 aliphatic rings. The lowest BCUT2D eigenvalue weighted by Crippen LogP contribution is -2.43. The number of hydrogen-bond donors (Lipinski definition) is 0. The van der Waals surface area contributed by atoms with Crippen LogP contribution in [0.15, 0.2) is 60.7 Å². The summed E-state index contributed by atoms with van der Waals surface area (Å²) in [6, 6.07) is 16.8. The molecule has 0 bridgehead atoms. The van der Waals surface area contributed by atoms with E-state index >= 15 is 0 Å². The summed E-state index contributed by atoms with van der Waals surface area (Å²) in [5, 5.41) is 0. The topological polar surface area (TPSA) is 0 Å². The Balaban J connectivity index is 2.24. The molecule has 0 unspecified atom stereocenters. The zero-order chi connectivity index (χ0) is 18.9. The van der Waals surface area contributed by atoms with Gasteiger partial charge in [-0.15, -0.1) is 0 Å². The van der Waals surface area contributed by atoms with Gasteiger partial charge in [0.25, 0.3) is 0 Å². The van der Waals surface area contributed by atoms with Crippen LogP contribution in [-0.4, -0.2) is 6.18 Å². The van der Waals surface area contributed by atoms with Crippen molar-refractivity contribution in [1.82, 2.24) is 0 Å². The van der Waals surface area contributed by atoms with Gasteiger partial charge < -0.3 is 0 Å². The third-order valence-electron chi connectivity index (χ3n) is 5.17. The number of benzene rings is 2. The molecule has 0 aromatic heterocycles. The third kappa shape index (κ3) is 4.90. The Bertz CT molecular complexity index is 577. The number of unbranched alkanes of at least 4 members (excludes halogenated alkanes) is 6. The van der Waals surface area contributed by atoms with E-state index in [9.17, 15) is 13.2 Å². The van der Waals surface area contributed by atoms with Crippen molar-refractivity contribution >= 4 is 0 Å². The maximum Gasteiger partial charge on any atom is 0.402 e. The molecule has 2 aromatic rings. The van der Waals surface area contributed by atoms with Crippen molar-refractivity contribution in [3.8, 4) is 0 Å². The second kappa shape index (κ2) is 9.80. The van der Waals surface area contributed by atoms with Gasteiger partial charge in [0.05, 0.1) is 0 Å². The monoisotopic (exact) mass is 362 g/mol. The van der Waals surface area contributed by atoms with Gasteiger partial charge in [-0.3, -0.25) is 0 Å². The van der Waals surface area contributed by atoms with E-state index in [-0.39, 0.29) is 6.42 Å². The summed E-state index contributed by atoms with van der Waals surface area (Å²) in [7, 11) is 0. The van der Waals surface area contributed by atoms with Crippen LogP contribution in [0.5, 0.6) is 0 Å². The van der Waals surface area contributed by atoms with E-state index in [1.165, 1.54) is 19.3 Å². The summed E-state index contributed by atoms with van der Waals surface area (Å²) in [6.07, 6.45) is 2.88. The third-order valence-corrected chi connectivity index (χ3v) is 5.17. The molecule has 0 aliphatic carbocycles. The number of hydrogen-bond acceptors (Lipinski definition) is 0. The van der Waals surface area contributed by atoms with E-state index in [0.717, 1.165) is 19.3 Å². The first-order valence-corrected chi connectivity index (χ1v) is 9.70. The predicted octanol–water partition coefficient (Wildman–Crippen LogP) is 7.68. The summed E-state index contributed by atoms with van der Waals surface area (Å²) in [4.78, 5) is 0. The maximum atomic E-state index is 14.4. The van der Waals surface area contributed by atoms with Crippen molar-refractivity contribution in [2.45, 2.75) is 69.9 Å². The van der Waals surface area contributed by atoms with Gasteiger partial charge >= 0.3 is 6.18 Å². The molecule has 0 saturated carbocycles. The first kappa shape index (κ1) is 20.5. The number of halogens is 3. The van der Waals surface area contributed by atoms with Crippen molar-refractivity contribution < 1.29 is 13.2 Å². The van der Waals surface area contributed by atoms with E-state index in [1.807, 2.05) is 0 Å². The normalized spacial score (nSPS) is 12.3.